The summed E-state index contributed by atoms with van der Waals surface area (Å²) in [5.41, 5.74) is -0.339. The van der Waals surface area contributed by atoms with Gasteiger partial charge in [0.15, 0.2) is 0 Å². The van der Waals surface area contributed by atoms with Gasteiger partial charge < -0.3 is 29.4 Å². The Kier molecular flexibility index (Phi) is 8.81. The molecule has 5 rings (SSSR count). The summed E-state index contributed by atoms with van der Waals surface area (Å²) < 4.78 is 7.01. The average molecular weight is 579 g/mol. The normalized spacial score (nSPS) is 30.4. The van der Waals surface area contributed by atoms with Crippen LogP contribution < -0.4 is 9.80 Å². The molecule has 9 nitrogen and oxygen atoms in total. The molecule has 4 aliphatic rings. The number of amides is 3. The van der Waals surface area contributed by atoms with Crippen molar-refractivity contribution in [3.8, 4) is 0 Å². The van der Waals surface area contributed by atoms with Gasteiger partial charge >= 0.3 is 0 Å². The molecule has 228 valence electrons. The Morgan fingerprint density at radius 2 is 1.57 bits per heavy atom. The topological polar surface area (TPSA) is 93.6 Å². The van der Waals surface area contributed by atoms with E-state index in [4.69, 9.17) is 4.74 Å². The van der Waals surface area contributed by atoms with Gasteiger partial charge in [-0.15, -0.1) is 0 Å². The zero-order valence-electron chi connectivity index (χ0n) is 25.5. The number of anilines is 2. The molecule has 1 aromatic carbocycles. The molecule has 0 aromatic heterocycles. The molecule has 1 spiro atoms. The van der Waals surface area contributed by atoms with Crippen LogP contribution in [-0.2, 0) is 19.1 Å². The first-order valence-corrected chi connectivity index (χ1v) is 15.7. The first-order valence-electron chi connectivity index (χ1n) is 15.7. The minimum Gasteiger partial charge on any atom is -0.396 e. The van der Waals surface area contributed by atoms with E-state index in [1.165, 1.54) is 0 Å². The summed E-state index contributed by atoms with van der Waals surface area (Å²) in [7, 11) is 1.76. The number of likely N-dealkylation sites (N-methyl/N-ethyl adjacent to an activating group) is 1. The van der Waals surface area contributed by atoms with Crippen molar-refractivity contribution < 1.29 is 24.2 Å². The molecule has 42 heavy (non-hydrogen) atoms. The second-order valence-electron chi connectivity index (χ2n) is 12.0. The van der Waals surface area contributed by atoms with Gasteiger partial charge in [-0.25, -0.2) is 0 Å². The largest absolute Gasteiger partial charge is 0.396 e. The fourth-order valence-electron chi connectivity index (χ4n) is 7.53. The molecule has 0 bridgehead atoms. The number of ether oxygens (including phenoxy) is 1. The van der Waals surface area contributed by atoms with Crippen LogP contribution in [0.5, 0.6) is 0 Å². The van der Waals surface area contributed by atoms with Crippen LogP contribution in [0.3, 0.4) is 0 Å². The molecule has 0 radical (unpaired) electrons. The van der Waals surface area contributed by atoms with Crippen molar-refractivity contribution in [2.24, 2.45) is 11.8 Å². The molecule has 1 N–H and O–H groups in total. The van der Waals surface area contributed by atoms with Crippen LogP contribution in [-0.4, -0.2) is 96.3 Å². The van der Waals surface area contributed by atoms with Crippen LogP contribution in [0.25, 0.3) is 0 Å². The summed E-state index contributed by atoms with van der Waals surface area (Å²) in [5.74, 6) is -1.99. The molecule has 1 unspecified atom stereocenters. The van der Waals surface area contributed by atoms with E-state index in [1.807, 2.05) is 55.5 Å². The van der Waals surface area contributed by atoms with Crippen LogP contribution in [0.2, 0.25) is 0 Å². The van der Waals surface area contributed by atoms with Crippen molar-refractivity contribution in [3.63, 3.8) is 0 Å². The molecule has 1 aromatic rings. The van der Waals surface area contributed by atoms with Gasteiger partial charge in [-0.05, 0) is 57.4 Å². The zero-order valence-corrected chi connectivity index (χ0v) is 25.5. The van der Waals surface area contributed by atoms with Gasteiger partial charge in [0.25, 0.3) is 5.91 Å². The second kappa shape index (κ2) is 12.2. The Bertz CT molecular complexity index is 1230. The van der Waals surface area contributed by atoms with E-state index < -0.39 is 29.1 Å². The Hall–Kier alpha value is -3.17. The maximum Gasteiger partial charge on any atom is 0.253 e. The van der Waals surface area contributed by atoms with Crippen molar-refractivity contribution in [1.29, 1.82) is 0 Å². The maximum atomic E-state index is 14.7. The predicted octanol–water partition coefficient (Wildman–Crippen LogP) is 3.38. The monoisotopic (exact) mass is 578 g/mol. The van der Waals surface area contributed by atoms with Gasteiger partial charge in [-0.3, -0.25) is 14.4 Å². The molecule has 3 amide bonds. The van der Waals surface area contributed by atoms with E-state index in [-0.39, 0.29) is 24.3 Å². The molecule has 4 heterocycles. The molecular weight excluding hydrogens is 532 g/mol. The van der Waals surface area contributed by atoms with Crippen molar-refractivity contribution >= 4 is 29.1 Å². The Labute approximate surface area is 249 Å². The number of aliphatic hydroxyl groups excluding tert-OH is 1. The first-order chi connectivity index (χ1) is 20.3. The lowest BCUT2D eigenvalue weighted by molar-refractivity contribution is -0.149. The van der Waals surface area contributed by atoms with Crippen molar-refractivity contribution in [1.82, 2.24) is 9.80 Å². The lowest BCUT2D eigenvalue weighted by atomic mass is 9.73. The lowest BCUT2D eigenvalue weighted by Gasteiger charge is -2.38. The first kappa shape index (κ1) is 30.3. The van der Waals surface area contributed by atoms with Crippen LogP contribution in [0.1, 0.15) is 52.9 Å². The zero-order chi connectivity index (χ0) is 30.1. The van der Waals surface area contributed by atoms with E-state index in [9.17, 15) is 19.5 Å². The molecule has 2 fully saturated rings. The number of likely N-dealkylation sites (tertiary alicyclic amines) is 1. The highest BCUT2D eigenvalue weighted by atomic mass is 16.5. The highest BCUT2D eigenvalue weighted by Crippen LogP contribution is 2.58. The molecule has 2 saturated heterocycles. The number of hydrogen-bond donors (Lipinski definition) is 1. The van der Waals surface area contributed by atoms with Gasteiger partial charge in [0.2, 0.25) is 11.8 Å². The molecule has 5 atom stereocenters. The number of nitrogens with zero attached hydrogens (tertiary/aromatic N) is 4. The van der Waals surface area contributed by atoms with Gasteiger partial charge in [-0.2, -0.15) is 0 Å². The number of fused-ring (bicyclic) bond motifs is 2. The van der Waals surface area contributed by atoms with Gasteiger partial charge in [0.05, 0.1) is 17.4 Å². The van der Waals surface area contributed by atoms with Gasteiger partial charge in [0.1, 0.15) is 11.6 Å². The molecule has 0 saturated carbocycles. The van der Waals surface area contributed by atoms with E-state index in [0.29, 0.717) is 38.9 Å². The SMILES string of the molecule is CCN(CC)c1ccc(N2CC=C[C@]34O[C@@]5(CC)C=CCN(C)C(=O)[C@H]5[C@H]3C(=O)N(CCCCCCO)C4C2=O)cc1. The summed E-state index contributed by atoms with van der Waals surface area (Å²) in [6, 6.07) is 7.14. The van der Waals surface area contributed by atoms with Crippen LogP contribution in [0, 0.1) is 11.8 Å². The third-order valence-electron chi connectivity index (χ3n) is 9.74. The third kappa shape index (κ3) is 4.84. The molecule has 4 aliphatic heterocycles. The van der Waals surface area contributed by atoms with Crippen LogP contribution in [0.4, 0.5) is 11.4 Å². The van der Waals surface area contributed by atoms with E-state index in [0.717, 1.165) is 37.3 Å². The van der Waals surface area contributed by atoms with E-state index in [1.54, 1.807) is 21.7 Å². The quantitative estimate of drug-likeness (QED) is 0.320. The van der Waals surface area contributed by atoms with Crippen molar-refractivity contribution in [2.75, 3.05) is 56.2 Å². The minimum atomic E-state index is -1.24. The molecular formula is C33H46N4O5. The number of aliphatic hydroxyl groups is 1. The summed E-state index contributed by atoms with van der Waals surface area (Å²) in [6.07, 6.45) is 11.4. The number of unbranched alkanes of at least 4 members (excludes halogenated alkanes) is 3. The number of carbonyl (C=O) groups excluding carboxylic acids is 3. The summed E-state index contributed by atoms with van der Waals surface area (Å²) in [4.78, 5) is 50.3. The summed E-state index contributed by atoms with van der Waals surface area (Å²) in [5, 5.41) is 9.20. The van der Waals surface area contributed by atoms with Crippen molar-refractivity contribution in [3.05, 3.63) is 48.6 Å². The van der Waals surface area contributed by atoms with Gasteiger partial charge in [0, 0.05) is 57.8 Å². The fourth-order valence-corrected chi connectivity index (χ4v) is 7.53. The standard InChI is InChI=1S/C33H46N4O5/c1-5-32-18-12-20-34(4)29(39)26(32)27-30(40)37(21-10-8-9-11-23-38)28-31(41)36(22-13-19-33(27,28)42-32)25-16-14-24(15-17-25)35(6-2)7-3/h12-19,26-28,38H,5-11,20-23H2,1-4H3/t26-,27+,28?,32+,33+/m1/s1. The fraction of sp³-hybridized carbons (Fsp3) is 0.606. The highest BCUT2D eigenvalue weighted by molar-refractivity contribution is 6.06. The molecule has 0 aliphatic carbocycles. The summed E-state index contributed by atoms with van der Waals surface area (Å²) >= 11 is 0. The summed E-state index contributed by atoms with van der Waals surface area (Å²) in [6.45, 7) is 9.35. The maximum absolute atomic E-state index is 14.7. The average Bonchev–Trinajstić information content (AvgIpc) is 3.29. The van der Waals surface area contributed by atoms with E-state index >= 15 is 0 Å². The smallest absolute Gasteiger partial charge is 0.253 e. The predicted molar refractivity (Wildman–Crippen MR) is 163 cm³/mol. The number of hydrogen-bond acceptors (Lipinski definition) is 6. The second-order valence-corrected chi connectivity index (χ2v) is 12.0. The minimum absolute atomic E-state index is 0.116. The number of benzene rings is 1. The van der Waals surface area contributed by atoms with Crippen LogP contribution >= 0.6 is 0 Å². The Balaban J connectivity index is 1.55. The third-order valence-corrected chi connectivity index (χ3v) is 9.74. The molecule has 9 heteroatoms. The number of carbonyl (C=O) groups is 3. The van der Waals surface area contributed by atoms with Crippen LogP contribution in [0.15, 0.2) is 48.6 Å². The highest BCUT2D eigenvalue weighted by Gasteiger charge is 2.75. The Morgan fingerprint density at radius 1 is 0.881 bits per heavy atom. The lowest BCUT2D eigenvalue weighted by Crippen LogP contribution is -2.56. The van der Waals surface area contributed by atoms with Gasteiger partial charge in [-0.1, -0.05) is 44.1 Å². The Morgan fingerprint density at radius 3 is 2.24 bits per heavy atom. The number of rotatable bonds is 11. The van der Waals surface area contributed by atoms with E-state index in [2.05, 4.69) is 18.7 Å². The van der Waals surface area contributed by atoms with Crippen molar-refractivity contribution in [2.45, 2.75) is 70.1 Å².